The van der Waals surface area contributed by atoms with Gasteiger partial charge in [-0.3, -0.25) is 9.36 Å². The van der Waals surface area contributed by atoms with Crippen molar-refractivity contribution in [1.82, 2.24) is 13.7 Å². The Labute approximate surface area is 177 Å². The van der Waals surface area contributed by atoms with Crippen molar-refractivity contribution in [1.29, 1.82) is 0 Å². The molecule has 158 valence electrons. The highest BCUT2D eigenvalue weighted by molar-refractivity contribution is 5.87. The Morgan fingerprint density at radius 2 is 1.81 bits per heavy atom. The van der Waals surface area contributed by atoms with Crippen LogP contribution in [0.4, 0.5) is 0 Å². The number of aromatic nitrogens is 3. The van der Waals surface area contributed by atoms with Crippen LogP contribution < -0.4 is 11.2 Å². The Bertz CT molecular complexity index is 1470. The average molecular weight is 417 g/mol. The number of hydrogen-bond donors (Lipinski definition) is 1. The molecule has 5 rings (SSSR count). The van der Waals surface area contributed by atoms with Gasteiger partial charge >= 0.3 is 11.7 Å². The number of fused-ring (bicyclic) bond motifs is 2. The first-order chi connectivity index (χ1) is 14.9. The topological polar surface area (TPSA) is 86.2 Å². The summed E-state index contributed by atoms with van der Waals surface area (Å²) in [6, 6.07) is 11.8. The molecule has 0 bridgehead atoms. The Kier molecular flexibility index (Phi) is 4.36. The maximum Gasteiger partial charge on any atom is 0.332 e. The first-order valence-corrected chi connectivity index (χ1v) is 10.4. The highest BCUT2D eigenvalue weighted by Crippen LogP contribution is 2.39. The summed E-state index contributed by atoms with van der Waals surface area (Å²) in [5.74, 6) is -1.32. The molecule has 0 amide bonds. The molecule has 1 saturated carbocycles. The second-order valence-electron chi connectivity index (χ2n) is 8.42. The first kappa shape index (κ1) is 19.4. The van der Waals surface area contributed by atoms with Crippen molar-refractivity contribution in [3.63, 3.8) is 0 Å². The molecule has 0 radical (unpaired) electrons. The zero-order valence-corrected chi connectivity index (χ0v) is 17.4. The van der Waals surface area contributed by atoms with E-state index in [0.717, 1.165) is 26.6 Å². The molecule has 1 unspecified atom stereocenters. The van der Waals surface area contributed by atoms with Crippen LogP contribution in [0.15, 0.2) is 58.3 Å². The number of carboxylic acids is 1. The number of rotatable bonds is 5. The lowest BCUT2D eigenvalue weighted by atomic mass is 10.1. The summed E-state index contributed by atoms with van der Waals surface area (Å²) >= 11 is 0. The largest absolute Gasteiger partial charge is 0.480 e. The number of carboxylic acid groups (broad SMARTS) is 1. The van der Waals surface area contributed by atoms with Gasteiger partial charge in [-0.1, -0.05) is 24.3 Å². The van der Waals surface area contributed by atoms with Gasteiger partial charge in [0.1, 0.15) is 6.04 Å². The fraction of sp³-hybridized carbons (Fsp3) is 0.292. The number of nitrogens with zero attached hydrogens (tertiary/aromatic N) is 3. The minimum Gasteiger partial charge on any atom is -0.480 e. The van der Waals surface area contributed by atoms with E-state index in [0.29, 0.717) is 23.7 Å². The molecule has 4 aromatic rings. The molecule has 1 fully saturated rings. The Morgan fingerprint density at radius 1 is 1.10 bits per heavy atom. The summed E-state index contributed by atoms with van der Waals surface area (Å²) in [5, 5.41) is 11.2. The third-order valence-corrected chi connectivity index (χ3v) is 6.31. The maximum atomic E-state index is 13.6. The number of para-hydroxylation sites is 1. The zero-order valence-electron chi connectivity index (χ0n) is 17.4. The van der Waals surface area contributed by atoms with E-state index in [2.05, 4.69) is 0 Å². The van der Waals surface area contributed by atoms with Crippen LogP contribution in [0.25, 0.3) is 21.8 Å². The molecule has 31 heavy (non-hydrogen) atoms. The van der Waals surface area contributed by atoms with Gasteiger partial charge in [0.15, 0.2) is 0 Å². The number of benzene rings is 2. The molecule has 2 aromatic carbocycles. The minimum absolute atomic E-state index is 0.183. The van der Waals surface area contributed by atoms with Gasteiger partial charge in [0.25, 0.3) is 5.56 Å². The first-order valence-electron chi connectivity index (χ1n) is 10.4. The second-order valence-corrected chi connectivity index (χ2v) is 8.42. The molecule has 2 heterocycles. The monoisotopic (exact) mass is 417 g/mol. The van der Waals surface area contributed by atoms with Crippen LogP contribution >= 0.6 is 0 Å². The Balaban J connectivity index is 1.79. The van der Waals surface area contributed by atoms with Crippen molar-refractivity contribution < 1.29 is 9.90 Å². The molecular weight excluding hydrogens is 394 g/mol. The van der Waals surface area contributed by atoms with E-state index in [-0.39, 0.29) is 12.5 Å². The summed E-state index contributed by atoms with van der Waals surface area (Å²) < 4.78 is 4.52. The lowest BCUT2D eigenvalue weighted by molar-refractivity contribution is -0.141. The van der Waals surface area contributed by atoms with Crippen LogP contribution in [-0.4, -0.2) is 24.8 Å². The van der Waals surface area contributed by atoms with Crippen LogP contribution in [0, 0.1) is 12.8 Å². The van der Waals surface area contributed by atoms with E-state index < -0.39 is 23.3 Å². The highest BCUT2D eigenvalue weighted by atomic mass is 16.4. The molecule has 1 atom stereocenters. The van der Waals surface area contributed by atoms with Gasteiger partial charge in [-0.25, -0.2) is 14.2 Å². The van der Waals surface area contributed by atoms with Gasteiger partial charge in [0.2, 0.25) is 0 Å². The quantitative estimate of drug-likeness (QED) is 0.541. The lowest BCUT2D eigenvalue weighted by Gasteiger charge is -2.18. The summed E-state index contributed by atoms with van der Waals surface area (Å²) in [4.78, 5) is 38.8. The van der Waals surface area contributed by atoms with Gasteiger partial charge in [-0.05, 0) is 55.0 Å². The zero-order chi connectivity index (χ0) is 21.9. The predicted molar refractivity (Wildman–Crippen MR) is 119 cm³/mol. The van der Waals surface area contributed by atoms with Crippen molar-refractivity contribution in [2.45, 2.75) is 32.4 Å². The minimum atomic E-state index is -1.13. The smallest absolute Gasteiger partial charge is 0.332 e. The van der Waals surface area contributed by atoms with Gasteiger partial charge in [-0.15, -0.1) is 0 Å². The van der Waals surface area contributed by atoms with E-state index in [1.165, 1.54) is 4.57 Å². The molecule has 0 aliphatic heterocycles. The van der Waals surface area contributed by atoms with Gasteiger partial charge in [0.05, 0.1) is 17.4 Å². The van der Waals surface area contributed by atoms with Gasteiger partial charge in [-0.2, -0.15) is 0 Å². The van der Waals surface area contributed by atoms with Crippen molar-refractivity contribution in [3.05, 3.63) is 80.6 Å². The average Bonchev–Trinajstić information content (AvgIpc) is 3.52. The standard InChI is InChI=1S/C24H23N3O4/c1-14-6-5-9-19-20(14)16(12-25(19)2)13-26-18-8-4-3-7-17(18)22(28)27(24(26)31)21(23(29)30)15-10-11-15/h3-9,12,15,21H,10-11,13H2,1-2H3,(H,29,30). The Hall–Kier alpha value is -3.61. The van der Waals surface area contributed by atoms with Gasteiger partial charge in [0, 0.05) is 24.1 Å². The van der Waals surface area contributed by atoms with Gasteiger partial charge < -0.3 is 9.67 Å². The van der Waals surface area contributed by atoms with E-state index in [9.17, 15) is 19.5 Å². The highest BCUT2D eigenvalue weighted by Gasteiger charge is 2.40. The van der Waals surface area contributed by atoms with E-state index in [1.54, 1.807) is 24.3 Å². The maximum absolute atomic E-state index is 13.6. The van der Waals surface area contributed by atoms with E-state index >= 15 is 0 Å². The van der Waals surface area contributed by atoms with Crippen molar-refractivity contribution in [2.75, 3.05) is 0 Å². The molecule has 0 saturated heterocycles. The van der Waals surface area contributed by atoms with Crippen molar-refractivity contribution in [3.8, 4) is 0 Å². The molecule has 1 N–H and O–H groups in total. The summed E-state index contributed by atoms with van der Waals surface area (Å²) in [7, 11) is 1.96. The fourth-order valence-electron chi connectivity index (χ4n) is 4.69. The van der Waals surface area contributed by atoms with Crippen LogP contribution in [-0.2, 0) is 18.4 Å². The second kappa shape index (κ2) is 6.97. The molecule has 7 nitrogen and oxygen atoms in total. The predicted octanol–water partition coefficient (Wildman–Crippen LogP) is 3.05. The third-order valence-electron chi connectivity index (χ3n) is 6.31. The molecule has 1 aliphatic carbocycles. The molecular formula is C24H23N3O4. The molecule has 1 aliphatic rings. The van der Waals surface area contributed by atoms with Crippen LogP contribution in [0.3, 0.4) is 0 Å². The van der Waals surface area contributed by atoms with Crippen molar-refractivity contribution in [2.24, 2.45) is 13.0 Å². The number of aryl methyl sites for hydroxylation is 2. The summed E-state index contributed by atoms with van der Waals surface area (Å²) in [6.07, 6.45) is 3.40. The van der Waals surface area contributed by atoms with E-state index in [4.69, 9.17) is 0 Å². The van der Waals surface area contributed by atoms with Crippen LogP contribution in [0.1, 0.15) is 30.0 Å². The SMILES string of the molecule is Cc1cccc2c1c(Cn1c(=O)n(C(C(=O)O)C3CC3)c(=O)c3ccccc31)cn2C. The van der Waals surface area contributed by atoms with Crippen molar-refractivity contribution >= 4 is 27.8 Å². The number of carbonyl (C=O) groups is 1. The van der Waals surface area contributed by atoms with Crippen LogP contribution in [0.2, 0.25) is 0 Å². The number of hydrogen-bond acceptors (Lipinski definition) is 3. The third kappa shape index (κ3) is 3.00. The molecule has 2 aromatic heterocycles. The Morgan fingerprint density at radius 3 is 2.52 bits per heavy atom. The normalized spacial score (nSPS) is 14.9. The lowest BCUT2D eigenvalue weighted by Crippen LogP contribution is -2.45. The van der Waals surface area contributed by atoms with E-state index in [1.807, 2.05) is 42.9 Å². The fourth-order valence-corrected chi connectivity index (χ4v) is 4.69. The number of aliphatic carboxylic acids is 1. The molecule has 0 spiro atoms. The summed E-state index contributed by atoms with van der Waals surface area (Å²) in [6.45, 7) is 2.28. The molecule has 7 heteroatoms. The summed E-state index contributed by atoms with van der Waals surface area (Å²) in [5.41, 5.74) is 2.51. The van der Waals surface area contributed by atoms with Crippen LogP contribution in [0.5, 0.6) is 0 Å².